The molecule has 0 unspecified atom stereocenters. The molecule has 0 saturated heterocycles. The van der Waals surface area contributed by atoms with Crippen molar-refractivity contribution in [2.75, 3.05) is 27.2 Å². The van der Waals surface area contributed by atoms with Gasteiger partial charge in [0.05, 0.1) is 6.54 Å². The van der Waals surface area contributed by atoms with E-state index in [1.807, 2.05) is 18.2 Å². The number of amides is 1. The predicted molar refractivity (Wildman–Crippen MR) is 132 cm³/mol. The lowest BCUT2D eigenvalue weighted by molar-refractivity contribution is 0.0827. The quantitative estimate of drug-likeness (QED) is 0.324. The number of nitrogens with zero attached hydrogens (tertiary/aromatic N) is 2. The third-order valence-electron chi connectivity index (χ3n) is 4.54. The fraction of sp³-hybridized carbons (Fsp3) is 0.391. The second-order valence-electron chi connectivity index (χ2n) is 6.89. The highest BCUT2D eigenvalue weighted by Gasteiger charge is 2.08. The fourth-order valence-corrected chi connectivity index (χ4v) is 3.01. The maximum atomic E-state index is 12.1. The Morgan fingerprint density at radius 2 is 1.72 bits per heavy atom. The Morgan fingerprint density at radius 3 is 2.38 bits per heavy atom. The van der Waals surface area contributed by atoms with Gasteiger partial charge in [-0.2, -0.15) is 0 Å². The van der Waals surface area contributed by atoms with Crippen LogP contribution in [0.25, 0.3) is 0 Å². The van der Waals surface area contributed by atoms with Crippen LogP contribution in [-0.2, 0) is 19.4 Å². The van der Waals surface area contributed by atoms with Crippen molar-refractivity contribution in [3.63, 3.8) is 0 Å². The molecule has 0 fully saturated rings. The first-order valence-corrected chi connectivity index (χ1v) is 9.94. The molecule has 0 spiro atoms. The normalized spacial score (nSPS) is 10.8. The number of benzene rings is 2. The minimum Gasteiger partial charge on any atom is -0.357 e. The first-order chi connectivity index (χ1) is 13.5. The lowest BCUT2D eigenvalue weighted by Gasteiger charge is -2.13. The van der Waals surface area contributed by atoms with Crippen molar-refractivity contribution in [2.24, 2.45) is 4.99 Å². The number of aliphatic imine (C=N–C) groups is 1. The highest BCUT2D eigenvalue weighted by molar-refractivity contribution is 14.0. The van der Waals surface area contributed by atoms with Crippen molar-refractivity contribution in [3.05, 3.63) is 70.8 Å². The van der Waals surface area contributed by atoms with Gasteiger partial charge < -0.3 is 15.5 Å². The van der Waals surface area contributed by atoms with E-state index in [9.17, 15) is 4.79 Å². The zero-order valence-corrected chi connectivity index (χ0v) is 20.2. The fourth-order valence-electron chi connectivity index (χ4n) is 3.01. The average Bonchev–Trinajstić information content (AvgIpc) is 2.71. The third kappa shape index (κ3) is 8.04. The van der Waals surface area contributed by atoms with Crippen LogP contribution in [0, 0.1) is 0 Å². The second kappa shape index (κ2) is 13.2. The van der Waals surface area contributed by atoms with Gasteiger partial charge in [0, 0.05) is 32.7 Å². The summed E-state index contributed by atoms with van der Waals surface area (Å²) in [6.45, 7) is 6.45. The number of hydrogen-bond donors (Lipinski definition) is 2. The van der Waals surface area contributed by atoms with Gasteiger partial charge in [-0.05, 0) is 48.6 Å². The molecule has 158 valence electrons. The maximum absolute atomic E-state index is 12.1. The summed E-state index contributed by atoms with van der Waals surface area (Å²) in [5.41, 5.74) is 4.45. The summed E-state index contributed by atoms with van der Waals surface area (Å²) in [6.07, 6.45) is 1.84. The molecule has 1 amide bonds. The van der Waals surface area contributed by atoms with Gasteiger partial charge in [-0.15, -0.1) is 24.0 Å². The van der Waals surface area contributed by atoms with Crippen LogP contribution in [0.3, 0.4) is 0 Å². The molecule has 0 radical (unpaired) electrons. The zero-order chi connectivity index (χ0) is 20.4. The van der Waals surface area contributed by atoms with E-state index in [1.54, 1.807) is 19.0 Å². The van der Waals surface area contributed by atoms with Crippen LogP contribution < -0.4 is 10.6 Å². The highest BCUT2D eigenvalue weighted by Crippen LogP contribution is 2.11. The molecule has 2 N–H and O–H groups in total. The molecule has 0 aliphatic rings. The van der Waals surface area contributed by atoms with E-state index in [0.717, 1.165) is 43.0 Å². The Hall–Kier alpha value is -2.09. The van der Waals surface area contributed by atoms with E-state index in [-0.39, 0.29) is 29.9 Å². The van der Waals surface area contributed by atoms with Crippen LogP contribution in [0.4, 0.5) is 0 Å². The van der Waals surface area contributed by atoms with E-state index in [1.165, 1.54) is 11.1 Å². The predicted octanol–water partition coefficient (Wildman–Crippen LogP) is 3.87. The van der Waals surface area contributed by atoms with Gasteiger partial charge in [-0.3, -0.25) is 4.79 Å². The average molecular weight is 508 g/mol. The molecule has 2 rings (SSSR count). The highest BCUT2D eigenvalue weighted by atomic mass is 127. The van der Waals surface area contributed by atoms with Crippen molar-refractivity contribution >= 4 is 35.8 Å². The maximum Gasteiger partial charge on any atom is 0.253 e. The van der Waals surface area contributed by atoms with Gasteiger partial charge in [0.2, 0.25) is 0 Å². The number of carbonyl (C=O) groups excluding carboxylic acids is 1. The molecule has 0 bridgehead atoms. The van der Waals surface area contributed by atoms with Crippen LogP contribution in [-0.4, -0.2) is 44.0 Å². The molecule has 2 aromatic carbocycles. The van der Waals surface area contributed by atoms with E-state index < -0.39 is 0 Å². The Balaban J connectivity index is 0.00000420. The van der Waals surface area contributed by atoms with E-state index >= 15 is 0 Å². The van der Waals surface area contributed by atoms with Gasteiger partial charge in [-0.25, -0.2) is 4.99 Å². The van der Waals surface area contributed by atoms with Gasteiger partial charge in [0.1, 0.15) is 0 Å². The molecule has 0 aromatic heterocycles. The molecular weight excluding hydrogens is 475 g/mol. The monoisotopic (exact) mass is 508 g/mol. The summed E-state index contributed by atoms with van der Waals surface area (Å²) in [4.78, 5) is 18.4. The van der Waals surface area contributed by atoms with Gasteiger partial charge in [0.25, 0.3) is 5.91 Å². The van der Waals surface area contributed by atoms with Gasteiger partial charge >= 0.3 is 0 Å². The molecular formula is C23H33IN4O. The summed E-state index contributed by atoms with van der Waals surface area (Å²) in [5.74, 6) is 0.841. The van der Waals surface area contributed by atoms with Crippen molar-refractivity contribution < 1.29 is 4.79 Å². The van der Waals surface area contributed by atoms with Crippen LogP contribution in [0.15, 0.2) is 53.5 Å². The lowest BCUT2D eigenvalue weighted by atomic mass is 10.1. The number of nitrogens with one attached hydrogen (secondary N) is 2. The number of halogens is 1. The summed E-state index contributed by atoms with van der Waals surface area (Å²) >= 11 is 0. The van der Waals surface area contributed by atoms with Crippen LogP contribution in [0.1, 0.15) is 40.9 Å². The molecule has 0 atom stereocenters. The Labute approximate surface area is 192 Å². The van der Waals surface area contributed by atoms with Crippen LogP contribution >= 0.6 is 24.0 Å². The van der Waals surface area contributed by atoms with Gasteiger partial charge in [0.15, 0.2) is 5.96 Å². The molecule has 0 aliphatic heterocycles. The third-order valence-corrected chi connectivity index (χ3v) is 4.54. The van der Waals surface area contributed by atoms with Crippen molar-refractivity contribution in [1.29, 1.82) is 0 Å². The standard InChI is InChI=1S/C23H32N4O.HI/c1-5-19-11-7-8-12-21(19)17-26-23(24-6-2)25-15-14-18-10-9-13-20(16-18)22(28)27(3)4;/h7-13,16H,5-6,14-15,17H2,1-4H3,(H2,24,25,26);1H. The molecule has 29 heavy (non-hydrogen) atoms. The summed E-state index contributed by atoms with van der Waals surface area (Å²) < 4.78 is 0. The smallest absolute Gasteiger partial charge is 0.253 e. The molecule has 0 heterocycles. The van der Waals surface area contributed by atoms with Crippen molar-refractivity contribution in [2.45, 2.75) is 33.2 Å². The van der Waals surface area contributed by atoms with Crippen molar-refractivity contribution in [3.8, 4) is 0 Å². The van der Waals surface area contributed by atoms with Crippen molar-refractivity contribution in [1.82, 2.24) is 15.5 Å². The number of carbonyl (C=O) groups is 1. The SMILES string of the molecule is CCNC(=NCc1ccccc1CC)NCCc1cccc(C(=O)N(C)C)c1.I. The molecule has 0 saturated carbocycles. The zero-order valence-electron chi connectivity index (χ0n) is 17.9. The van der Waals surface area contributed by atoms with E-state index in [4.69, 9.17) is 4.99 Å². The summed E-state index contributed by atoms with van der Waals surface area (Å²) in [6, 6.07) is 16.2. The van der Waals surface area contributed by atoms with E-state index in [2.05, 4.69) is 54.8 Å². The number of aryl methyl sites for hydroxylation is 1. The molecule has 6 heteroatoms. The second-order valence-corrected chi connectivity index (χ2v) is 6.89. The Morgan fingerprint density at radius 1 is 1.00 bits per heavy atom. The first kappa shape index (κ1) is 24.9. The Kier molecular flexibility index (Phi) is 11.3. The summed E-state index contributed by atoms with van der Waals surface area (Å²) in [5, 5.41) is 6.69. The van der Waals surface area contributed by atoms with Crippen LogP contribution in [0.5, 0.6) is 0 Å². The summed E-state index contributed by atoms with van der Waals surface area (Å²) in [7, 11) is 3.54. The Bertz CT molecular complexity index is 805. The number of rotatable bonds is 8. The molecule has 5 nitrogen and oxygen atoms in total. The topological polar surface area (TPSA) is 56.7 Å². The molecule has 0 aliphatic carbocycles. The minimum atomic E-state index is 0. The molecule has 2 aromatic rings. The first-order valence-electron chi connectivity index (χ1n) is 9.94. The lowest BCUT2D eigenvalue weighted by Crippen LogP contribution is -2.38. The van der Waals surface area contributed by atoms with Crippen LogP contribution in [0.2, 0.25) is 0 Å². The number of guanidine groups is 1. The van der Waals surface area contributed by atoms with E-state index in [0.29, 0.717) is 6.54 Å². The number of hydrogen-bond acceptors (Lipinski definition) is 2. The largest absolute Gasteiger partial charge is 0.357 e. The van der Waals surface area contributed by atoms with Gasteiger partial charge in [-0.1, -0.05) is 43.3 Å². The minimum absolute atomic E-state index is 0.